The molecule has 1 aliphatic rings. The van der Waals surface area contributed by atoms with Gasteiger partial charge in [0, 0.05) is 10.7 Å². The first-order valence-electron chi connectivity index (χ1n) is 8.19. The Hall–Kier alpha value is -2.53. The zero-order valence-electron chi connectivity index (χ0n) is 14.4. The number of nitrogens with zero attached hydrogens (tertiary/aromatic N) is 3. The smallest absolute Gasteiger partial charge is 0.220 e. The fraction of sp³-hybridized carbons (Fsp3) is 0.263. The van der Waals surface area contributed by atoms with E-state index in [0.717, 1.165) is 24.1 Å². The Morgan fingerprint density at radius 2 is 1.76 bits per heavy atom. The molecule has 0 saturated heterocycles. The number of hydrogen-bond acceptors (Lipinski definition) is 5. The van der Waals surface area contributed by atoms with Gasteiger partial charge in [0.2, 0.25) is 11.9 Å². The van der Waals surface area contributed by atoms with Crippen LogP contribution in [0.5, 0.6) is 0 Å². The van der Waals surface area contributed by atoms with Crippen molar-refractivity contribution in [2.24, 2.45) is 21.5 Å². The third-order valence-electron chi connectivity index (χ3n) is 4.21. The van der Waals surface area contributed by atoms with Crippen LogP contribution < -0.4 is 16.4 Å². The molecule has 2 aromatic carbocycles. The first kappa shape index (κ1) is 17.3. The summed E-state index contributed by atoms with van der Waals surface area (Å²) in [4.78, 5) is 10.3. The highest BCUT2D eigenvalue weighted by atomic mass is 35.5. The minimum absolute atomic E-state index is 0.185. The van der Waals surface area contributed by atoms with Gasteiger partial charge in [0.05, 0.1) is 0 Å². The van der Waals surface area contributed by atoms with Crippen LogP contribution in [0.15, 0.2) is 58.5 Å². The van der Waals surface area contributed by atoms with Crippen molar-refractivity contribution in [2.45, 2.75) is 32.4 Å². The number of aliphatic imine (C=N–C) groups is 2. The number of anilines is 1. The molecule has 6 heteroatoms. The molecule has 2 aromatic rings. The lowest BCUT2D eigenvalue weighted by Gasteiger charge is -2.38. The van der Waals surface area contributed by atoms with E-state index in [1.165, 1.54) is 5.56 Å². The summed E-state index contributed by atoms with van der Waals surface area (Å²) < 4.78 is 0. The van der Waals surface area contributed by atoms with E-state index in [1.807, 2.05) is 55.1 Å². The van der Waals surface area contributed by atoms with Gasteiger partial charge < -0.3 is 11.5 Å². The van der Waals surface area contributed by atoms with Gasteiger partial charge in [0.15, 0.2) is 0 Å². The lowest BCUT2D eigenvalue weighted by atomic mass is 10.0. The van der Waals surface area contributed by atoms with Crippen molar-refractivity contribution < 1.29 is 0 Å². The van der Waals surface area contributed by atoms with Crippen molar-refractivity contribution in [2.75, 3.05) is 4.90 Å². The van der Waals surface area contributed by atoms with E-state index in [4.69, 9.17) is 23.1 Å². The van der Waals surface area contributed by atoms with Gasteiger partial charge in [-0.15, -0.1) is 0 Å². The first-order chi connectivity index (χ1) is 11.9. The lowest BCUT2D eigenvalue weighted by molar-refractivity contribution is 0.534. The maximum Gasteiger partial charge on any atom is 0.220 e. The number of hydrogen-bond donors (Lipinski definition) is 2. The number of nitrogens with two attached hydrogens (primary N) is 2. The van der Waals surface area contributed by atoms with Gasteiger partial charge >= 0.3 is 0 Å². The third-order valence-corrected chi connectivity index (χ3v) is 4.57. The molecule has 5 nitrogen and oxygen atoms in total. The highest BCUT2D eigenvalue weighted by molar-refractivity contribution is 6.31. The SMILES string of the molecule is CC1(C)N=C(N)N=C(N)N1c1ccc(CCc2ccccc2)c(Cl)c1. The number of guanidine groups is 2. The molecule has 0 aromatic heterocycles. The molecule has 130 valence electrons. The van der Waals surface area contributed by atoms with Crippen LogP contribution in [-0.2, 0) is 12.8 Å². The normalized spacial score (nSPS) is 16.4. The summed E-state index contributed by atoms with van der Waals surface area (Å²) in [6.45, 7) is 3.86. The lowest BCUT2D eigenvalue weighted by Crippen LogP contribution is -2.54. The van der Waals surface area contributed by atoms with Crippen LogP contribution in [0.2, 0.25) is 5.02 Å². The minimum atomic E-state index is -0.620. The fourth-order valence-corrected chi connectivity index (χ4v) is 3.32. The highest BCUT2D eigenvalue weighted by Gasteiger charge is 2.33. The summed E-state index contributed by atoms with van der Waals surface area (Å²) in [5.41, 5.74) is 14.4. The standard InChI is InChI=1S/C19H22ClN5/c1-19(2)24-17(21)23-18(22)25(19)15-11-10-14(16(20)12-15)9-8-13-6-4-3-5-7-13/h3-7,10-12H,8-9H2,1-2H3,(H4,21,22,23,24). The first-order valence-corrected chi connectivity index (χ1v) is 8.57. The third kappa shape index (κ3) is 3.77. The molecule has 0 atom stereocenters. The summed E-state index contributed by atoms with van der Waals surface area (Å²) >= 11 is 6.52. The molecule has 4 N–H and O–H groups in total. The van der Waals surface area contributed by atoms with Crippen LogP contribution >= 0.6 is 11.6 Å². The van der Waals surface area contributed by atoms with Crippen molar-refractivity contribution in [3.63, 3.8) is 0 Å². The van der Waals surface area contributed by atoms with Gasteiger partial charge in [-0.3, -0.25) is 4.90 Å². The van der Waals surface area contributed by atoms with E-state index in [9.17, 15) is 0 Å². The predicted molar refractivity (Wildman–Crippen MR) is 105 cm³/mol. The molecule has 0 unspecified atom stereocenters. The number of benzene rings is 2. The van der Waals surface area contributed by atoms with Crippen LogP contribution in [0.25, 0.3) is 0 Å². The fourth-order valence-electron chi connectivity index (χ4n) is 3.05. The predicted octanol–water partition coefficient (Wildman–Crippen LogP) is 3.31. The van der Waals surface area contributed by atoms with Gasteiger partial charge in [-0.2, -0.15) is 4.99 Å². The highest BCUT2D eigenvalue weighted by Crippen LogP contribution is 2.31. The number of rotatable bonds is 4. The molecule has 0 aliphatic carbocycles. The van der Waals surface area contributed by atoms with E-state index in [2.05, 4.69) is 22.1 Å². The maximum absolute atomic E-state index is 6.52. The molecule has 0 saturated carbocycles. The second-order valence-electron chi connectivity index (χ2n) is 6.53. The van der Waals surface area contributed by atoms with Crippen molar-refractivity contribution in [1.29, 1.82) is 0 Å². The Kier molecular flexibility index (Phi) is 4.68. The Balaban J connectivity index is 1.81. The molecule has 0 spiro atoms. The quantitative estimate of drug-likeness (QED) is 0.882. The van der Waals surface area contributed by atoms with Crippen LogP contribution in [0.3, 0.4) is 0 Å². The summed E-state index contributed by atoms with van der Waals surface area (Å²) in [5.74, 6) is 0.495. The zero-order chi connectivity index (χ0) is 18.0. The van der Waals surface area contributed by atoms with Gasteiger partial charge in [0.25, 0.3) is 0 Å². The zero-order valence-corrected chi connectivity index (χ0v) is 15.2. The molecule has 0 amide bonds. The van der Waals surface area contributed by atoms with Gasteiger partial charge in [-0.05, 0) is 49.9 Å². The molecular formula is C19H22ClN5. The monoisotopic (exact) mass is 355 g/mol. The number of halogens is 1. The summed E-state index contributed by atoms with van der Waals surface area (Å²) in [7, 11) is 0. The van der Waals surface area contributed by atoms with E-state index < -0.39 is 5.66 Å². The molecule has 0 fully saturated rings. The van der Waals surface area contributed by atoms with Gasteiger partial charge in [0.1, 0.15) is 5.66 Å². The average Bonchev–Trinajstić information content (AvgIpc) is 2.53. The van der Waals surface area contributed by atoms with Crippen LogP contribution in [0, 0.1) is 0 Å². The molecule has 1 aliphatic heterocycles. The summed E-state index contributed by atoms with van der Waals surface area (Å²) in [5, 5.41) is 0.708. The van der Waals surface area contributed by atoms with Crippen LogP contribution in [-0.4, -0.2) is 17.6 Å². The van der Waals surface area contributed by atoms with E-state index >= 15 is 0 Å². The number of aryl methyl sites for hydroxylation is 2. The van der Waals surface area contributed by atoms with E-state index in [1.54, 1.807) is 0 Å². The average molecular weight is 356 g/mol. The summed E-state index contributed by atoms with van der Waals surface area (Å²) in [6.07, 6.45) is 1.82. The molecule has 25 heavy (non-hydrogen) atoms. The van der Waals surface area contributed by atoms with Gasteiger partial charge in [-0.1, -0.05) is 48.0 Å². The molecule has 1 heterocycles. The van der Waals surface area contributed by atoms with E-state index in [0.29, 0.717) is 11.0 Å². The molecular weight excluding hydrogens is 334 g/mol. The second-order valence-corrected chi connectivity index (χ2v) is 6.94. The molecule has 3 rings (SSSR count). The van der Waals surface area contributed by atoms with Crippen LogP contribution in [0.1, 0.15) is 25.0 Å². The maximum atomic E-state index is 6.52. The van der Waals surface area contributed by atoms with Gasteiger partial charge in [-0.25, -0.2) is 4.99 Å². The van der Waals surface area contributed by atoms with Crippen molar-refractivity contribution in [3.8, 4) is 0 Å². The minimum Gasteiger partial charge on any atom is -0.369 e. The second kappa shape index (κ2) is 6.76. The van der Waals surface area contributed by atoms with Crippen molar-refractivity contribution in [3.05, 3.63) is 64.7 Å². The largest absolute Gasteiger partial charge is 0.369 e. The van der Waals surface area contributed by atoms with E-state index in [-0.39, 0.29) is 5.96 Å². The Bertz CT molecular complexity index is 827. The van der Waals surface area contributed by atoms with Crippen LogP contribution in [0.4, 0.5) is 5.69 Å². The van der Waals surface area contributed by atoms with Crippen molar-refractivity contribution >= 4 is 29.2 Å². The van der Waals surface area contributed by atoms with Crippen molar-refractivity contribution in [1.82, 2.24) is 0 Å². The molecule has 0 bridgehead atoms. The summed E-state index contributed by atoms with van der Waals surface area (Å²) in [6, 6.07) is 16.3. The molecule has 0 radical (unpaired) electrons. The topological polar surface area (TPSA) is 80.0 Å². The Labute approximate surface area is 153 Å². The Morgan fingerprint density at radius 1 is 1.04 bits per heavy atom. The Morgan fingerprint density at radius 3 is 2.40 bits per heavy atom.